The molecule has 2 fully saturated rings. The molecule has 24 heavy (non-hydrogen) atoms. The van der Waals surface area contributed by atoms with Gasteiger partial charge in [-0.15, -0.1) is 0 Å². The Labute approximate surface area is 144 Å². The number of hydrogen-bond acceptors (Lipinski definition) is 2. The number of nitrogens with zero attached hydrogens (tertiary/aromatic N) is 1. The summed E-state index contributed by atoms with van der Waals surface area (Å²) in [4.78, 5) is 27.3. The summed E-state index contributed by atoms with van der Waals surface area (Å²) >= 11 is 0. The number of nitrogens with one attached hydrogen (secondary N) is 1. The molecule has 4 heteroatoms. The number of amides is 2. The maximum Gasteiger partial charge on any atom is 0.247 e. The molecule has 1 aromatic carbocycles. The van der Waals surface area contributed by atoms with Gasteiger partial charge in [0.1, 0.15) is 6.04 Å². The van der Waals surface area contributed by atoms with Crippen LogP contribution >= 0.6 is 0 Å². The van der Waals surface area contributed by atoms with Gasteiger partial charge in [0.15, 0.2) is 0 Å². The third-order valence-corrected chi connectivity index (χ3v) is 5.37. The second-order valence-electron chi connectivity index (χ2n) is 7.38. The van der Waals surface area contributed by atoms with Crippen LogP contribution in [0, 0.1) is 5.92 Å². The Morgan fingerprint density at radius 3 is 2.42 bits per heavy atom. The summed E-state index contributed by atoms with van der Waals surface area (Å²) in [6.07, 6.45) is 5.42. The lowest BCUT2D eigenvalue weighted by Gasteiger charge is -2.38. The minimum atomic E-state index is -0.477. The highest BCUT2D eigenvalue weighted by molar-refractivity contribution is 5.90. The first kappa shape index (κ1) is 17.0. The Morgan fingerprint density at radius 1 is 1.12 bits per heavy atom. The molecule has 1 saturated carbocycles. The summed E-state index contributed by atoms with van der Waals surface area (Å²) in [5.74, 6) is 0.673. The zero-order chi connectivity index (χ0) is 17.1. The van der Waals surface area contributed by atoms with E-state index in [-0.39, 0.29) is 17.7 Å². The minimum Gasteiger partial charge on any atom is -0.352 e. The standard InChI is InChI=1S/C20H28N2O2/c1-14(2)15-8-10-16(11-9-15)18-19(23)21-12-13-22(18)20(24)17-6-4-3-5-7-17/h8-11,14,17-18H,3-7,12-13H2,1-2H3,(H,21,23). The molecule has 1 N–H and O–H groups in total. The van der Waals surface area contributed by atoms with Gasteiger partial charge in [0.05, 0.1) is 0 Å². The summed E-state index contributed by atoms with van der Waals surface area (Å²) in [5, 5.41) is 2.92. The van der Waals surface area contributed by atoms with E-state index in [9.17, 15) is 9.59 Å². The number of carbonyl (C=O) groups excluding carboxylic acids is 2. The second-order valence-corrected chi connectivity index (χ2v) is 7.38. The van der Waals surface area contributed by atoms with Crippen molar-refractivity contribution < 1.29 is 9.59 Å². The number of piperazine rings is 1. The Kier molecular flexibility index (Phi) is 5.22. The van der Waals surface area contributed by atoms with Crippen LogP contribution in [0.15, 0.2) is 24.3 Å². The molecule has 0 bridgehead atoms. The van der Waals surface area contributed by atoms with Crippen molar-refractivity contribution in [1.82, 2.24) is 10.2 Å². The van der Waals surface area contributed by atoms with Crippen LogP contribution in [0.2, 0.25) is 0 Å². The van der Waals surface area contributed by atoms with Crippen LogP contribution in [0.4, 0.5) is 0 Å². The fraction of sp³-hybridized carbons (Fsp3) is 0.600. The van der Waals surface area contributed by atoms with E-state index in [2.05, 4.69) is 31.3 Å². The molecule has 1 aliphatic heterocycles. The van der Waals surface area contributed by atoms with E-state index in [0.717, 1.165) is 31.2 Å². The molecule has 1 saturated heterocycles. The number of rotatable bonds is 3. The molecule has 1 unspecified atom stereocenters. The summed E-state index contributed by atoms with van der Waals surface area (Å²) in [6.45, 7) is 5.47. The lowest BCUT2D eigenvalue weighted by atomic mass is 9.87. The average Bonchev–Trinajstić information content (AvgIpc) is 2.61. The molecule has 0 radical (unpaired) electrons. The first-order chi connectivity index (χ1) is 11.6. The van der Waals surface area contributed by atoms with Crippen molar-refractivity contribution in [3.8, 4) is 0 Å². The van der Waals surface area contributed by atoms with Gasteiger partial charge in [0.25, 0.3) is 0 Å². The molecular formula is C20H28N2O2. The van der Waals surface area contributed by atoms with Crippen molar-refractivity contribution in [3.63, 3.8) is 0 Å². The predicted octanol–water partition coefficient (Wildman–Crippen LogP) is 3.39. The number of carbonyl (C=O) groups is 2. The number of benzene rings is 1. The lowest BCUT2D eigenvalue weighted by molar-refractivity contribution is -0.147. The van der Waals surface area contributed by atoms with Gasteiger partial charge >= 0.3 is 0 Å². The predicted molar refractivity (Wildman–Crippen MR) is 94.6 cm³/mol. The molecule has 2 aliphatic rings. The quantitative estimate of drug-likeness (QED) is 0.924. The van der Waals surface area contributed by atoms with Crippen molar-refractivity contribution >= 4 is 11.8 Å². The van der Waals surface area contributed by atoms with Crippen LogP contribution in [0.5, 0.6) is 0 Å². The van der Waals surface area contributed by atoms with E-state index >= 15 is 0 Å². The largest absolute Gasteiger partial charge is 0.352 e. The molecule has 4 nitrogen and oxygen atoms in total. The zero-order valence-electron chi connectivity index (χ0n) is 14.8. The Hall–Kier alpha value is -1.84. The minimum absolute atomic E-state index is 0.0530. The Morgan fingerprint density at radius 2 is 1.79 bits per heavy atom. The van der Waals surface area contributed by atoms with E-state index in [1.165, 1.54) is 12.0 Å². The first-order valence-electron chi connectivity index (χ1n) is 9.26. The first-order valence-corrected chi connectivity index (χ1v) is 9.26. The van der Waals surface area contributed by atoms with Crippen LogP contribution in [0.25, 0.3) is 0 Å². The van der Waals surface area contributed by atoms with Crippen LogP contribution in [-0.2, 0) is 9.59 Å². The van der Waals surface area contributed by atoms with Crippen molar-refractivity contribution in [3.05, 3.63) is 35.4 Å². The molecule has 1 atom stereocenters. The van der Waals surface area contributed by atoms with Gasteiger partial charge in [-0.05, 0) is 29.9 Å². The lowest BCUT2D eigenvalue weighted by Crippen LogP contribution is -2.53. The summed E-state index contributed by atoms with van der Waals surface area (Å²) in [7, 11) is 0. The van der Waals surface area contributed by atoms with E-state index in [1.807, 2.05) is 17.0 Å². The summed E-state index contributed by atoms with van der Waals surface area (Å²) in [5.41, 5.74) is 2.17. The SMILES string of the molecule is CC(C)c1ccc(C2C(=O)NCCN2C(=O)C2CCCCC2)cc1. The van der Waals surface area contributed by atoms with Crippen molar-refractivity contribution in [2.75, 3.05) is 13.1 Å². The van der Waals surface area contributed by atoms with Crippen LogP contribution in [0.1, 0.15) is 69.0 Å². The Balaban J connectivity index is 1.83. The van der Waals surface area contributed by atoms with E-state index in [1.54, 1.807) is 0 Å². The molecular weight excluding hydrogens is 300 g/mol. The van der Waals surface area contributed by atoms with E-state index in [4.69, 9.17) is 0 Å². The van der Waals surface area contributed by atoms with Gasteiger partial charge in [0, 0.05) is 19.0 Å². The highest BCUT2D eigenvalue weighted by atomic mass is 16.2. The Bertz CT molecular complexity index is 588. The maximum absolute atomic E-state index is 13.0. The van der Waals surface area contributed by atoms with Gasteiger partial charge in [0.2, 0.25) is 11.8 Å². The normalized spacial score (nSPS) is 22.5. The topological polar surface area (TPSA) is 49.4 Å². The van der Waals surface area contributed by atoms with E-state index in [0.29, 0.717) is 19.0 Å². The van der Waals surface area contributed by atoms with Crippen LogP contribution in [-0.4, -0.2) is 29.8 Å². The second kappa shape index (κ2) is 7.37. The van der Waals surface area contributed by atoms with Crippen LogP contribution in [0.3, 0.4) is 0 Å². The van der Waals surface area contributed by atoms with Gasteiger partial charge in [-0.1, -0.05) is 57.4 Å². The van der Waals surface area contributed by atoms with E-state index < -0.39 is 6.04 Å². The van der Waals surface area contributed by atoms with Crippen molar-refractivity contribution in [1.29, 1.82) is 0 Å². The molecule has 0 spiro atoms. The molecule has 1 aliphatic carbocycles. The molecule has 130 valence electrons. The number of hydrogen-bond donors (Lipinski definition) is 1. The van der Waals surface area contributed by atoms with Crippen molar-refractivity contribution in [2.24, 2.45) is 5.92 Å². The van der Waals surface area contributed by atoms with Crippen LogP contribution < -0.4 is 5.32 Å². The van der Waals surface area contributed by atoms with Gasteiger partial charge in [-0.25, -0.2) is 0 Å². The highest BCUT2D eigenvalue weighted by Gasteiger charge is 2.37. The third-order valence-electron chi connectivity index (χ3n) is 5.37. The summed E-state index contributed by atoms with van der Waals surface area (Å²) in [6, 6.07) is 7.68. The smallest absolute Gasteiger partial charge is 0.247 e. The zero-order valence-corrected chi connectivity index (χ0v) is 14.8. The molecule has 0 aromatic heterocycles. The van der Waals surface area contributed by atoms with Crippen molar-refractivity contribution in [2.45, 2.75) is 57.9 Å². The molecule has 2 amide bonds. The average molecular weight is 328 g/mol. The van der Waals surface area contributed by atoms with Gasteiger partial charge in [-0.2, -0.15) is 0 Å². The third kappa shape index (κ3) is 3.47. The highest BCUT2D eigenvalue weighted by Crippen LogP contribution is 2.31. The van der Waals surface area contributed by atoms with Gasteiger partial charge < -0.3 is 10.2 Å². The summed E-state index contributed by atoms with van der Waals surface area (Å²) < 4.78 is 0. The fourth-order valence-electron chi connectivity index (χ4n) is 3.88. The molecule has 1 heterocycles. The molecule has 1 aromatic rings. The maximum atomic E-state index is 13.0. The van der Waals surface area contributed by atoms with Gasteiger partial charge in [-0.3, -0.25) is 9.59 Å². The monoisotopic (exact) mass is 328 g/mol. The fourth-order valence-corrected chi connectivity index (χ4v) is 3.88. The molecule has 3 rings (SSSR count).